The molecule has 0 aliphatic heterocycles. The normalized spacial score (nSPS) is 9.81. The molecule has 5 heteroatoms. The number of rotatable bonds is 4. The van der Waals surface area contributed by atoms with Gasteiger partial charge in [-0.25, -0.2) is 9.97 Å². The molecule has 0 radical (unpaired) electrons. The zero-order chi connectivity index (χ0) is 11.2. The predicted octanol–water partition coefficient (Wildman–Crippen LogP) is 2.62. The van der Waals surface area contributed by atoms with Gasteiger partial charge in [-0.05, 0) is 30.3 Å². The zero-order valence-electron chi connectivity index (χ0n) is 8.43. The van der Waals surface area contributed by atoms with Crippen molar-refractivity contribution in [3.63, 3.8) is 0 Å². The molecule has 0 fully saturated rings. The van der Waals surface area contributed by atoms with Gasteiger partial charge in [0.15, 0.2) is 0 Å². The van der Waals surface area contributed by atoms with Crippen LogP contribution in [-0.2, 0) is 6.61 Å². The van der Waals surface area contributed by atoms with Gasteiger partial charge in [0.2, 0.25) is 0 Å². The molecule has 0 saturated carbocycles. The van der Waals surface area contributed by atoms with E-state index >= 15 is 0 Å². The van der Waals surface area contributed by atoms with Crippen LogP contribution in [0.25, 0.3) is 0 Å². The molecule has 2 aromatic rings. The fourth-order valence-corrected chi connectivity index (χ4v) is 1.30. The van der Waals surface area contributed by atoms with Crippen LogP contribution in [0.15, 0.2) is 42.9 Å². The van der Waals surface area contributed by atoms with E-state index in [1.54, 1.807) is 6.20 Å². The van der Waals surface area contributed by atoms with Gasteiger partial charge in [-0.1, -0.05) is 0 Å². The Balaban J connectivity index is 1.94. The summed E-state index contributed by atoms with van der Waals surface area (Å²) in [4.78, 5) is 10.4. The maximum Gasteiger partial charge on any atom is 0.130 e. The third kappa shape index (κ3) is 2.84. The number of hydrogen-bond acceptors (Lipinski definition) is 4. The highest BCUT2D eigenvalue weighted by atomic mass is 35.5. The molecule has 1 aromatic heterocycles. The number of aromatic nitrogens is 2. The molecule has 16 heavy (non-hydrogen) atoms. The van der Waals surface area contributed by atoms with E-state index in [2.05, 4.69) is 14.8 Å². The minimum Gasteiger partial charge on any atom is -0.487 e. The molecule has 0 aliphatic carbocycles. The van der Waals surface area contributed by atoms with Gasteiger partial charge in [0.1, 0.15) is 18.7 Å². The molecule has 1 aromatic carbocycles. The number of benzene rings is 1. The Morgan fingerprint density at radius 3 is 2.62 bits per heavy atom. The van der Waals surface area contributed by atoms with Gasteiger partial charge in [0, 0.05) is 23.7 Å². The van der Waals surface area contributed by atoms with Gasteiger partial charge in [-0.15, -0.1) is 0 Å². The standard InChI is InChI=1S/C11H10ClN3O/c12-15-9-1-3-11(4-2-9)16-7-10-5-6-13-8-14-10/h1-6,8,15H,7H2. The van der Waals surface area contributed by atoms with E-state index in [1.807, 2.05) is 30.3 Å². The molecule has 0 saturated heterocycles. The lowest BCUT2D eigenvalue weighted by Crippen LogP contribution is -1.97. The van der Waals surface area contributed by atoms with Crippen LogP contribution in [0.2, 0.25) is 0 Å². The van der Waals surface area contributed by atoms with Crippen molar-refractivity contribution in [1.29, 1.82) is 0 Å². The fourth-order valence-electron chi connectivity index (χ4n) is 1.17. The van der Waals surface area contributed by atoms with Crippen LogP contribution in [0, 0.1) is 0 Å². The summed E-state index contributed by atoms with van der Waals surface area (Å²) in [5.74, 6) is 0.772. The summed E-state index contributed by atoms with van der Waals surface area (Å²) in [6.07, 6.45) is 3.19. The van der Waals surface area contributed by atoms with Gasteiger partial charge < -0.3 is 4.74 Å². The van der Waals surface area contributed by atoms with Crippen LogP contribution < -0.4 is 9.57 Å². The first-order chi connectivity index (χ1) is 7.88. The Morgan fingerprint density at radius 1 is 1.19 bits per heavy atom. The summed E-state index contributed by atoms with van der Waals surface area (Å²) in [5, 5.41) is 0. The highest BCUT2D eigenvalue weighted by Gasteiger charge is 1.96. The molecule has 0 bridgehead atoms. The predicted molar refractivity (Wildman–Crippen MR) is 62.3 cm³/mol. The van der Waals surface area contributed by atoms with Crippen LogP contribution in [0.1, 0.15) is 5.69 Å². The van der Waals surface area contributed by atoms with Crippen molar-refractivity contribution in [1.82, 2.24) is 9.97 Å². The highest BCUT2D eigenvalue weighted by molar-refractivity contribution is 6.23. The van der Waals surface area contributed by atoms with E-state index < -0.39 is 0 Å². The van der Waals surface area contributed by atoms with E-state index in [-0.39, 0.29) is 0 Å². The average Bonchev–Trinajstić information content (AvgIpc) is 2.38. The molecule has 0 spiro atoms. The van der Waals surface area contributed by atoms with Crippen molar-refractivity contribution in [3.8, 4) is 5.75 Å². The number of ether oxygens (including phenoxy) is 1. The average molecular weight is 236 g/mol. The lowest BCUT2D eigenvalue weighted by atomic mass is 10.3. The highest BCUT2D eigenvalue weighted by Crippen LogP contribution is 2.16. The van der Waals surface area contributed by atoms with Crippen molar-refractivity contribution >= 4 is 17.5 Å². The second kappa shape index (κ2) is 5.32. The fraction of sp³-hybridized carbons (Fsp3) is 0.0909. The first-order valence-corrected chi connectivity index (χ1v) is 5.10. The third-order valence-corrected chi connectivity index (χ3v) is 2.21. The third-order valence-electron chi connectivity index (χ3n) is 1.99. The monoisotopic (exact) mass is 235 g/mol. The van der Waals surface area contributed by atoms with Crippen molar-refractivity contribution in [2.24, 2.45) is 0 Å². The summed E-state index contributed by atoms with van der Waals surface area (Å²) in [5.41, 5.74) is 1.67. The maximum absolute atomic E-state index is 5.53. The number of anilines is 1. The van der Waals surface area contributed by atoms with E-state index in [9.17, 15) is 0 Å². The van der Waals surface area contributed by atoms with Crippen LogP contribution in [0.4, 0.5) is 5.69 Å². The van der Waals surface area contributed by atoms with E-state index in [0.29, 0.717) is 6.61 Å². The van der Waals surface area contributed by atoms with Crippen molar-refractivity contribution < 1.29 is 4.74 Å². The Labute approximate surface area is 98.4 Å². The number of hydrogen-bond donors (Lipinski definition) is 1. The SMILES string of the molecule is ClNc1ccc(OCc2ccncn2)cc1. The molecule has 82 valence electrons. The molecule has 0 amide bonds. The quantitative estimate of drug-likeness (QED) is 0.828. The molecule has 4 nitrogen and oxygen atoms in total. The van der Waals surface area contributed by atoms with E-state index in [1.165, 1.54) is 6.33 Å². The molecule has 0 aliphatic rings. The van der Waals surface area contributed by atoms with Crippen molar-refractivity contribution in [2.75, 3.05) is 4.84 Å². The maximum atomic E-state index is 5.53. The van der Waals surface area contributed by atoms with Gasteiger partial charge in [-0.3, -0.25) is 4.84 Å². The summed E-state index contributed by atoms with van der Waals surface area (Å²) in [7, 11) is 0. The summed E-state index contributed by atoms with van der Waals surface area (Å²) >= 11 is 5.44. The van der Waals surface area contributed by atoms with Crippen LogP contribution >= 0.6 is 11.8 Å². The van der Waals surface area contributed by atoms with Crippen LogP contribution in [0.3, 0.4) is 0 Å². The largest absolute Gasteiger partial charge is 0.487 e. The minimum atomic E-state index is 0.427. The van der Waals surface area contributed by atoms with Crippen LogP contribution in [0.5, 0.6) is 5.75 Å². The van der Waals surface area contributed by atoms with Crippen LogP contribution in [-0.4, -0.2) is 9.97 Å². The molecule has 2 rings (SSSR count). The lowest BCUT2D eigenvalue weighted by Gasteiger charge is -2.05. The molecular weight excluding hydrogens is 226 g/mol. The Kier molecular flexibility index (Phi) is 3.56. The smallest absolute Gasteiger partial charge is 0.130 e. The Hall–Kier alpha value is -1.81. The van der Waals surface area contributed by atoms with Gasteiger partial charge in [-0.2, -0.15) is 0 Å². The first-order valence-electron chi connectivity index (χ1n) is 4.73. The summed E-state index contributed by atoms with van der Waals surface area (Å²) in [6.45, 7) is 0.427. The summed E-state index contributed by atoms with van der Waals surface area (Å²) in [6, 6.07) is 9.16. The lowest BCUT2D eigenvalue weighted by molar-refractivity contribution is 0.301. The topological polar surface area (TPSA) is 47.0 Å². The number of halogens is 1. The molecular formula is C11H10ClN3O. The molecule has 0 atom stereocenters. The van der Waals surface area contributed by atoms with Gasteiger partial charge >= 0.3 is 0 Å². The second-order valence-corrected chi connectivity index (χ2v) is 3.30. The number of nitrogens with zero attached hydrogens (tertiary/aromatic N) is 2. The zero-order valence-corrected chi connectivity index (χ0v) is 9.19. The van der Waals surface area contributed by atoms with Gasteiger partial charge in [0.25, 0.3) is 0 Å². The molecule has 1 N–H and O–H groups in total. The Bertz CT molecular complexity index is 433. The van der Waals surface area contributed by atoms with E-state index in [4.69, 9.17) is 16.5 Å². The summed E-state index contributed by atoms with van der Waals surface area (Å²) < 4.78 is 5.53. The van der Waals surface area contributed by atoms with Gasteiger partial charge in [0.05, 0.1) is 5.69 Å². The first kappa shape index (κ1) is 10.7. The second-order valence-electron chi connectivity index (χ2n) is 3.11. The molecule has 1 heterocycles. The molecule has 0 unspecified atom stereocenters. The van der Waals surface area contributed by atoms with E-state index in [0.717, 1.165) is 17.1 Å². The number of nitrogens with one attached hydrogen (secondary N) is 1. The minimum absolute atomic E-state index is 0.427. The van der Waals surface area contributed by atoms with Crippen molar-refractivity contribution in [2.45, 2.75) is 6.61 Å². The Morgan fingerprint density at radius 2 is 2.00 bits per heavy atom. The van der Waals surface area contributed by atoms with Crippen molar-refractivity contribution in [3.05, 3.63) is 48.5 Å².